The molecular weight excluding hydrogens is 543 g/mol. The van der Waals surface area contributed by atoms with Gasteiger partial charge < -0.3 is 14.2 Å². The molecule has 40 heavy (non-hydrogen) atoms. The lowest BCUT2D eigenvalue weighted by Gasteiger charge is -2.40. The van der Waals surface area contributed by atoms with Crippen molar-refractivity contribution in [2.45, 2.75) is 62.8 Å². The molecular formula is C28H32F3N5O3S. The number of nitrogens with zero attached hydrogens (tertiary/aromatic N) is 5. The Kier molecular flexibility index (Phi) is 8.53. The summed E-state index contributed by atoms with van der Waals surface area (Å²) in [5.74, 6) is 1.28. The molecule has 5 rings (SSSR count). The first-order valence-electron chi connectivity index (χ1n) is 13.6. The average Bonchev–Trinajstić information content (AvgIpc) is 3.72. The van der Waals surface area contributed by atoms with Gasteiger partial charge in [-0.05, 0) is 49.6 Å². The number of amides is 2. The Labute approximate surface area is 234 Å². The number of rotatable bonds is 8. The first-order valence-corrected chi connectivity index (χ1v) is 14.6. The third-order valence-electron chi connectivity index (χ3n) is 7.67. The van der Waals surface area contributed by atoms with Crippen molar-refractivity contribution in [3.63, 3.8) is 0 Å². The number of hydrogen-bond donors (Lipinski definition) is 0. The van der Waals surface area contributed by atoms with Crippen LogP contribution in [0.5, 0.6) is 0 Å². The zero-order chi connectivity index (χ0) is 28.3. The number of hydrogen-bond acceptors (Lipinski definition) is 6. The van der Waals surface area contributed by atoms with Crippen LogP contribution in [0, 0.1) is 5.92 Å². The molecule has 1 aromatic carbocycles. The minimum atomic E-state index is -4.52. The van der Waals surface area contributed by atoms with Gasteiger partial charge >= 0.3 is 6.18 Å². The van der Waals surface area contributed by atoms with Crippen LogP contribution in [0.3, 0.4) is 0 Å². The molecule has 0 radical (unpaired) electrons. The van der Waals surface area contributed by atoms with Crippen LogP contribution in [0.1, 0.15) is 51.0 Å². The largest absolute Gasteiger partial charge is 0.461 e. The zero-order valence-electron chi connectivity index (χ0n) is 22.3. The van der Waals surface area contributed by atoms with E-state index < -0.39 is 11.7 Å². The second kappa shape index (κ2) is 12.1. The molecule has 2 aromatic heterocycles. The Hall–Kier alpha value is -3.28. The maximum absolute atomic E-state index is 13.4. The predicted molar refractivity (Wildman–Crippen MR) is 144 cm³/mol. The Balaban J connectivity index is 1.24. The van der Waals surface area contributed by atoms with Crippen molar-refractivity contribution in [2.75, 3.05) is 25.4 Å². The van der Waals surface area contributed by atoms with E-state index in [1.54, 1.807) is 17.0 Å². The summed E-state index contributed by atoms with van der Waals surface area (Å²) in [5, 5.41) is 8.60. The number of carbonyl (C=O) groups excluding carboxylic acids is 2. The van der Waals surface area contributed by atoms with Crippen molar-refractivity contribution < 1.29 is 27.2 Å². The SMILES string of the molecule is CC1CN(C(=O)CSc2nnc(-c3ccco3)n2-c2cccc(C(F)(F)F)c2)CCN1C(=O)CCC1CCCC1. The summed E-state index contributed by atoms with van der Waals surface area (Å²) in [6.07, 6.45) is 3.37. The van der Waals surface area contributed by atoms with E-state index in [1.165, 1.54) is 48.6 Å². The number of aromatic nitrogens is 3. The molecule has 2 amide bonds. The fraction of sp³-hybridized carbons (Fsp3) is 0.500. The predicted octanol–water partition coefficient (Wildman–Crippen LogP) is 5.67. The summed E-state index contributed by atoms with van der Waals surface area (Å²) in [7, 11) is 0. The van der Waals surface area contributed by atoms with Gasteiger partial charge in [-0.25, -0.2) is 0 Å². The second-order valence-corrected chi connectivity index (χ2v) is 11.4. The third kappa shape index (κ3) is 6.37. The Morgan fingerprint density at radius 1 is 1.07 bits per heavy atom. The van der Waals surface area contributed by atoms with Crippen molar-refractivity contribution >= 4 is 23.6 Å². The second-order valence-electron chi connectivity index (χ2n) is 10.4. The van der Waals surface area contributed by atoms with Gasteiger partial charge in [0.2, 0.25) is 17.6 Å². The molecule has 1 saturated carbocycles. The minimum Gasteiger partial charge on any atom is -0.461 e. The number of benzene rings is 1. The number of halogens is 3. The van der Waals surface area contributed by atoms with Gasteiger partial charge in [-0.1, -0.05) is 43.5 Å². The van der Waals surface area contributed by atoms with E-state index in [0.717, 1.165) is 30.3 Å². The molecule has 3 heterocycles. The molecule has 0 N–H and O–H groups in total. The fourth-order valence-electron chi connectivity index (χ4n) is 5.53. The average molecular weight is 576 g/mol. The van der Waals surface area contributed by atoms with Crippen LogP contribution in [0.15, 0.2) is 52.2 Å². The number of piperazine rings is 1. The standard InChI is InChI=1S/C28H32F3N5O3S/c1-19-17-34(13-14-35(19)24(37)12-11-20-6-2-3-7-20)25(38)18-40-27-33-32-26(23-10-5-15-39-23)36(27)22-9-4-8-21(16-22)28(29,30)31/h4-5,8-10,15-16,19-20H,2-3,6-7,11-14,17-18H2,1H3. The molecule has 0 spiro atoms. The molecule has 8 nitrogen and oxygen atoms in total. The van der Waals surface area contributed by atoms with Crippen molar-refractivity contribution in [3.05, 3.63) is 48.2 Å². The molecule has 1 saturated heterocycles. The third-order valence-corrected chi connectivity index (χ3v) is 8.59. The van der Waals surface area contributed by atoms with Gasteiger partial charge in [0.1, 0.15) is 0 Å². The fourth-order valence-corrected chi connectivity index (χ4v) is 6.38. The molecule has 1 aliphatic carbocycles. The van der Waals surface area contributed by atoms with Crippen molar-refractivity contribution in [1.82, 2.24) is 24.6 Å². The Bertz CT molecular complexity index is 1320. The number of carbonyl (C=O) groups is 2. The van der Waals surface area contributed by atoms with Gasteiger partial charge in [-0.15, -0.1) is 10.2 Å². The molecule has 214 valence electrons. The van der Waals surface area contributed by atoms with Crippen LogP contribution in [0.4, 0.5) is 13.2 Å². The molecule has 3 aromatic rings. The lowest BCUT2D eigenvalue weighted by atomic mass is 10.0. The van der Waals surface area contributed by atoms with Crippen LogP contribution in [0.2, 0.25) is 0 Å². The van der Waals surface area contributed by atoms with Crippen molar-refractivity contribution in [2.24, 2.45) is 5.92 Å². The van der Waals surface area contributed by atoms with E-state index in [9.17, 15) is 22.8 Å². The maximum Gasteiger partial charge on any atom is 0.416 e. The van der Waals surface area contributed by atoms with Gasteiger partial charge in [0.05, 0.1) is 23.3 Å². The van der Waals surface area contributed by atoms with Crippen LogP contribution in [-0.2, 0) is 15.8 Å². The first-order chi connectivity index (χ1) is 19.2. The number of furan rings is 1. The monoisotopic (exact) mass is 575 g/mol. The summed E-state index contributed by atoms with van der Waals surface area (Å²) < 4.78 is 47.2. The lowest BCUT2D eigenvalue weighted by molar-refractivity contribution is -0.141. The normalized spacial score (nSPS) is 18.4. The molecule has 1 aliphatic heterocycles. The summed E-state index contributed by atoms with van der Waals surface area (Å²) in [4.78, 5) is 29.6. The molecule has 0 bridgehead atoms. The molecule has 1 unspecified atom stereocenters. The molecule has 1 atom stereocenters. The summed E-state index contributed by atoms with van der Waals surface area (Å²) in [6.45, 7) is 3.33. The van der Waals surface area contributed by atoms with E-state index in [1.807, 2.05) is 11.8 Å². The van der Waals surface area contributed by atoms with E-state index >= 15 is 0 Å². The van der Waals surface area contributed by atoms with Crippen molar-refractivity contribution in [3.8, 4) is 17.3 Å². The quantitative estimate of drug-likeness (QED) is 0.322. The van der Waals surface area contributed by atoms with Gasteiger partial charge in [0, 0.05) is 32.1 Å². The van der Waals surface area contributed by atoms with Crippen molar-refractivity contribution in [1.29, 1.82) is 0 Å². The number of alkyl halides is 3. The van der Waals surface area contributed by atoms with Crippen LogP contribution < -0.4 is 0 Å². The summed E-state index contributed by atoms with van der Waals surface area (Å²) in [5.41, 5.74) is -0.597. The topological polar surface area (TPSA) is 84.5 Å². The van der Waals surface area contributed by atoms with E-state index in [2.05, 4.69) is 10.2 Å². The number of thioether (sulfide) groups is 1. The smallest absolute Gasteiger partial charge is 0.416 e. The highest BCUT2D eigenvalue weighted by Crippen LogP contribution is 2.34. The van der Waals surface area contributed by atoms with Gasteiger partial charge in [-0.3, -0.25) is 14.2 Å². The van der Waals surface area contributed by atoms with Crippen LogP contribution >= 0.6 is 11.8 Å². The van der Waals surface area contributed by atoms with Gasteiger partial charge in [0.15, 0.2) is 10.9 Å². The summed E-state index contributed by atoms with van der Waals surface area (Å²) >= 11 is 1.10. The first kappa shape index (κ1) is 28.3. The van der Waals surface area contributed by atoms with E-state index in [-0.39, 0.29) is 40.3 Å². The van der Waals surface area contributed by atoms with Gasteiger partial charge in [0.25, 0.3) is 0 Å². The van der Waals surface area contributed by atoms with Crippen LogP contribution in [-0.4, -0.2) is 67.8 Å². The maximum atomic E-state index is 13.4. The highest BCUT2D eigenvalue weighted by atomic mass is 32.2. The zero-order valence-corrected chi connectivity index (χ0v) is 23.1. The van der Waals surface area contributed by atoms with Crippen LogP contribution in [0.25, 0.3) is 17.3 Å². The lowest BCUT2D eigenvalue weighted by Crippen LogP contribution is -2.55. The summed E-state index contributed by atoms with van der Waals surface area (Å²) in [6, 6.07) is 8.07. The molecule has 12 heteroatoms. The molecule has 2 fully saturated rings. The molecule has 2 aliphatic rings. The highest BCUT2D eigenvalue weighted by Gasteiger charge is 2.32. The van der Waals surface area contributed by atoms with Gasteiger partial charge in [-0.2, -0.15) is 13.2 Å². The highest BCUT2D eigenvalue weighted by molar-refractivity contribution is 7.99. The Morgan fingerprint density at radius 3 is 2.58 bits per heavy atom. The Morgan fingerprint density at radius 2 is 1.88 bits per heavy atom. The van der Waals surface area contributed by atoms with E-state index in [0.29, 0.717) is 37.7 Å². The van der Waals surface area contributed by atoms with E-state index in [4.69, 9.17) is 4.42 Å². The minimum absolute atomic E-state index is 0.0254.